The highest BCUT2D eigenvalue weighted by Crippen LogP contribution is 2.45. The van der Waals surface area contributed by atoms with Crippen LogP contribution in [0.5, 0.6) is 0 Å². The van der Waals surface area contributed by atoms with E-state index in [1.165, 1.54) is 0 Å². The fraction of sp³-hybridized carbons (Fsp3) is 0.648. The van der Waals surface area contributed by atoms with Crippen molar-refractivity contribution in [2.75, 3.05) is 39.6 Å². The molecule has 0 saturated carbocycles. The first kappa shape index (κ1) is 84.7. The number of carbonyl (C=O) groups is 3. The van der Waals surface area contributed by atoms with Crippen LogP contribution >= 0.6 is 15.6 Å². The number of hydrogen-bond donors (Lipinski definition) is 4. The van der Waals surface area contributed by atoms with E-state index in [2.05, 4.69) is 154 Å². The summed E-state index contributed by atoms with van der Waals surface area (Å²) in [5, 5.41) is 20.5. The molecule has 0 aromatic heterocycles. The predicted octanol–water partition coefficient (Wildman–Crippen LogP) is 18.4. The van der Waals surface area contributed by atoms with Gasteiger partial charge in [0.15, 0.2) is 6.10 Å². The number of phosphoric ester groups is 2. The Kier molecular flexibility index (Phi) is 60.7. The van der Waals surface area contributed by atoms with Crippen molar-refractivity contribution in [3.63, 3.8) is 0 Å². The lowest BCUT2D eigenvalue weighted by Gasteiger charge is -2.21. The molecular weight excluding hydrogens is 1170 g/mol. The van der Waals surface area contributed by atoms with Gasteiger partial charge in [0, 0.05) is 19.3 Å². The van der Waals surface area contributed by atoms with Gasteiger partial charge in [-0.1, -0.05) is 225 Å². The Labute approximate surface area is 537 Å². The van der Waals surface area contributed by atoms with E-state index in [0.717, 1.165) is 180 Å². The van der Waals surface area contributed by atoms with E-state index >= 15 is 0 Å². The molecule has 0 aliphatic heterocycles. The van der Waals surface area contributed by atoms with Crippen LogP contribution in [0.15, 0.2) is 134 Å². The Morgan fingerprint density at radius 3 is 0.888 bits per heavy atom. The largest absolute Gasteiger partial charge is 0.472 e. The second-order valence-electron chi connectivity index (χ2n) is 21.8. The molecule has 16 nitrogen and oxygen atoms in total. The third kappa shape index (κ3) is 65.0. The number of aliphatic hydroxyl groups excluding tert-OH is 2. The smallest absolute Gasteiger partial charge is 0.463 e. The molecule has 0 spiro atoms. The van der Waals surface area contributed by atoms with Gasteiger partial charge in [-0.15, -0.1) is 0 Å². The van der Waals surface area contributed by atoms with Crippen LogP contribution in [0.2, 0.25) is 0 Å². The highest BCUT2D eigenvalue weighted by atomic mass is 31.2. The number of allylic oxidation sites excluding steroid dienone is 22. The van der Waals surface area contributed by atoms with Gasteiger partial charge in [-0.3, -0.25) is 32.5 Å². The summed E-state index contributed by atoms with van der Waals surface area (Å²) in [6.45, 7) is 2.25. The molecule has 0 amide bonds. The first-order chi connectivity index (χ1) is 43.2. The molecule has 0 aromatic rings. The Hall–Kier alpha value is -4.31. The van der Waals surface area contributed by atoms with Crippen LogP contribution in [0.25, 0.3) is 0 Å². The third-order valence-electron chi connectivity index (χ3n) is 13.4. The molecule has 0 aliphatic rings. The Morgan fingerprint density at radius 1 is 0.315 bits per heavy atom. The number of rotatable bonds is 62. The Bertz CT molecular complexity index is 2160. The van der Waals surface area contributed by atoms with Crippen molar-refractivity contribution >= 4 is 33.6 Å². The van der Waals surface area contributed by atoms with Gasteiger partial charge in [0.05, 0.1) is 26.4 Å². The van der Waals surface area contributed by atoms with E-state index < -0.39 is 91.5 Å². The molecule has 0 radical (unpaired) electrons. The van der Waals surface area contributed by atoms with Crippen LogP contribution in [0.3, 0.4) is 0 Å². The number of ether oxygens (including phenoxy) is 3. The first-order valence-electron chi connectivity index (χ1n) is 33.5. The van der Waals surface area contributed by atoms with Gasteiger partial charge in [0.1, 0.15) is 25.4 Å². The second-order valence-corrected chi connectivity index (χ2v) is 24.7. The topological polar surface area (TPSA) is 231 Å². The van der Waals surface area contributed by atoms with Gasteiger partial charge in [0.2, 0.25) is 0 Å². The highest BCUT2D eigenvalue weighted by Gasteiger charge is 2.29. The van der Waals surface area contributed by atoms with Crippen molar-refractivity contribution in [3.8, 4) is 0 Å². The molecule has 0 aromatic carbocycles. The fourth-order valence-corrected chi connectivity index (χ4v) is 9.92. The summed E-state index contributed by atoms with van der Waals surface area (Å²) in [4.78, 5) is 58.4. The van der Waals surface area contributed by atoms with E-state index in [0.29, 0.717) is 19.3 Å². The summed E-state index contributed by atoms with van der Waals surface area (Å²) in [6.07, 6.45) is 73.6. The average Bonchev–Trinajstić information content (AvgIpc) is 3.54. The molecule has 0 heterocycles. The minimum absolute atomic E-state index is 0.0771. The molecule has 0 bridgehead atoms. The minimum atomic E-state index is -4.94. The first-order valence-corrected chi connectivity index (χ1v) is 36.5. The number of carbonyl (C=O) groups excluding carboxylic acids is 3. The monoisotopic (exact) mass is 1290 g/mol. The van der Waals surface area contributed by atoms with Crippen molar-refractivity contribution < 1.29 is 75.8 Å². The van der Waals surface area contributed by atoms with Crippen molar-refractivity contribution in [1.82, 2.24) is 0 Å². The van der Waals surface area contributed by atoms with Crippen LogP contribution in [0.1, 0.15) is 239 Å². The SMILES string of the molecule is CC/C=C\C/C=C\C/C=C\C/C=C\CCCCCCCCC(=O)OCC(O)COP(=O)(O)OCC(O)COP(=O)(O)OCC(COC(=O)CCCCCCCC/C=C\C/C=C\C/C=C\C/C=C\CC)OC(=O)CCCCCCC/C=C\C/C=C\C/C=C\CC. The Morgan fingerprint density at radius 2 is 0.562 bits per heavy atom. The van der Waals surface area contributed by atoms with E-state index in [1.54, 1.807) is 0 Å². The van der Waals surface area contributed by atoms with Crippen LogP contribution in [0.4, 0.5) is 0 Å². The maximum Gasteiger partial charge on any atom is 0.472 e. The molecule has 4 N–H and O–H groups in total. The fourth-order valence-electron chi connectivity index (χ4n) is 8.33. The molecule has 5 atom stereocenters. The molecule has 0 rings (SSSR count). The summed E-state index contributed by atoms with van der Waals surface area (Å²) >= 11 is 0. The maximum atomic E-state index is 12.9. The summed E-state index contributed by atoms with van der Waals surface area (Å²) in [5.41, 5.74) is 0. The zero-order chi connectivity index (χ0) is 65.3. The number of esters is 3. The summed E-state index contributed by atoms with van der Waals surface area (Å²) in [7, 11) is -9.80. The standard InChI is InChI=1S/C71H118O16P2/c1-4-7-10-13-16-19-22-25-28-30-32-34-37-39-42-45-48-51-54-57-69(74)81-60-66(72)61-83-88(77,78)84-62-67(73)63-85-89(79,80)86-65-68(87-71(76)59-56-53-50-47-44-41-36-27-24-21-18-15-12-9-6-3)64-82-70(75)58-55-52-49-46-43-40-38-35-33-31-29-26-23-20-17-14-11-8-5-2/h7-12,16-21,25-29,32-36,66-68,72-73H,4-6,13-15,22-24,30-31,37-65H2,1-3H3,(H,77,78)(H,79,80)/b10-7-,11-8-,12-9-,19-16-,20-17-,21-18-,28-25-,29-26-,34-32-,35-33-,36-27-. The molecule has 18 heteroatoms. The van der Waals surface area contributed by atoms with Crippen LogP contribution in [0, 0.1) is 0 Å². The zero-order valence-corrected chi connectivity index (χ0v) is 56.6. The average molecular weight is 1290 g/mol. The Balaban J connectivity index is 4.73. The third-order valence-corrected chi connectivity index (χ3v) is 15.3. The normalized spacial score (nSPS) is 15.1. The number of aliphatic hydroxyl groups is 2. The molecule has 0 saturated heterocycles. The van der Waals surface area contributed by atoms with Gasteiger partial charge < -0.3 is 34.2 Å². The van der Waals surface area contributed by atoms with E-state index in [9.17, 15) is 43.5 Å². The van der Waals surface area contributed by atoms with Gasteiger partial charge in [-0.2, -0.15) is 0 Å². The van der Waals surface area contributed by atoms with Crippen LogP contribution < -0.4 is 0 Å². The van der Waals surface area contributed by atoms with Gasteiger partial charge in [-0.25, -0.2) is 9.13 Å². The minimum Gasteiger partial charge on any atom is -0.463 e. The molecule has 0 aliphatic carbocycles. The van der Waals surface area contributed by atoms with E-state index in [-0.39, 0.29) is 19.3 Å². The van der Waals surface area contributed by atoms with Crippen molar-refractivity contribution in [3.05, 3.63) is 134 Å². The van der Waals surface area contributed by atoms with Crippen LogP contribution in [-0.2, 0) is 55.8 Å². The molecule has 0 fully saturated rings. The summed E-state index contributed by atoms with van der Waals surface area (Å²) in [5.74, 6) is -1.63. The van der Waals surface area contributed by atoms with E-state index in [4.69, 9.17) is 32.3 Å². The second kappa shape index (κ2) is 63.8. The van der Waals surface area contributed by atoms with E-state index in [1.807, 2.05) is 0 Å². The lowest BCUT2D eigenvalue weighted by Crippen LogP contribution is -2.30. The zero-order valence-electron chi connectivity index (χ0n) is 54.8. The maximum absolute atomic E-state index is 12.9. The van der Waals surface area contributed by atoms with Crippen molar-refractivity contribution in [1.29, 1.82) is 0 Å². The highest BCUT2D eigenvalue weighted by molar-refractivity contribution is 7.47. The van der Waals surface area contributed by atoms with Crippen molar-refractivity contribution in [2.24, 2.45) is 0 Å². The number of hydrogen-bond acceptors (Lipinski definition) is 14. The molecule has 89 heavy (non-hydrogen) atoms. The summed E-state index contributed by atoms with van der Waals surface area (Å²) in [6, 6.07) is 0. The lowest BCUT2D eigenvalue weighted by molar-refractivity contribution is -0.161. The van der Waals surface area contributed by atoms with Gasteiger partial charge in [-0.05, 0) is 128 Å². The van der Waals surface area contributed by atoms with Gasteiger partial charge in [0.25, 0.3) is 0 Å². The van der Waals surface area contributed by atoms with Gasteiger partial charge >= 0.3 is 33.6 Å². The molecule has 508 valence electrons. The number of phosphoric acid groups is 2. The molecule has 5 unspecified atom stereocenters. The van der Waals surface area contributed by atoms with Crippen molar-refractivity contribution in [2.45, 2.75) is 257 Å². The predicted molar refractivity (Wildman–Crippen MR) is 362 cm³/mol. The quantitative estimate of drug-likeness (QED) is 0.0146. The lowest BCUT2D eigenvalue weighted by atomic mass is 10.1. The summed E-state index contributed by atoms with van der Waals surface area (Å²) < 4.78 is 60.8. The molecular formula is C71H118O16P2. The number of unbranched alkanes of at least 4 members (excludes halogenated alkanes) is 17. The van der Waals surface area contributed by atoms with Crippen LogP contribution in [-0.4, -0.2) is 95.9 Å².